The Morgan fingerprint density at radius 2 is 1.95 bits per heavy atom. The number of hydrogen-bond acceptors (Lipinski definition) is 4. The highest BCUT2D eigenvalue weighted by Crippen LogP contribution is 2.22. The van der Waals surface area contributed by atoms with E-state index in [1.54, 1.807) is 13.3 Å². The molecular weight excluding hydrogens is 264 g/mol. The number of rotatable bonds is 7. The van der Waals surface area contributed by atoms with Crippen molar-refractivity contribution >= 4 is 0 Å². The summed E-state index contributed by atoms with van der Waals surface area (Å²) in [6.45, 7) is 5.54. The molecule has 0 aliphatic rings. The molecule has 0 atom stereocenters. The number of benzene rings is 1. The SMILES string of the molecule is COCc1cccc(Oc2ccnc(CNC(C)C)c2)c1. The lowest BCUT2D eigenvalue weighted by Gasteiger charge is -2.10. The minimum absolute atomic E-state index is 0.432. The number of nitrogens with zero attached hydrogens (tertiary/aromatic N) is 1. The predicted molar refractivity (Wildman–Crippen MR) is 83.4 cm³/mol. The molecule has 112 valence electrons. The minimum atomic E-state index is 0.432. The average Bonchev–Trinajstić information content (AvgIpc) is 2.46. The Morgan fingerprint density at radius 3 is 2.71 bits per heavy atom. The van der Waals surface area contributed by atoms with Crippen LogP contribution in [0.1, 0.15) is 25.1 Å². The van der Waals surface area contributed by atoms with Crippen LogP contribution in [0.5, 0.6) is 11.5 Å². The van der Waals surface area contributed by atoms with Crippen molar-refractivity contribution in [1.29, 1.82) is 0 Å². The normalized spacial score (nSPS) is 10.9. The Labute approximate surface area is 126 Å². The van der Waals surface area contributed by atoms with E-state index in [1.165, 1.54) is 0 Å². The van der Waals surface area contributed by atoms with E-state index in [9.17, 15) is 0 Å². The second kappa shape index (κ2) is 7.76. The minimum Gasteiger partial charge on any atom is -0.457 e. The summed E-state index contributed by atoms with van der Waals surface area (Å²) in [4.78, 5) is 4.34. The Morgan fingerprint density at radius 1 is 1.14 bits per heavy atom. The molecule has 0 aliphatic heterocycles. The quantitative estimate of drug-likeness (QED) is 0.845. The Balaban J connectivity index is 2.05. The monoisotopic (exact) mass is 286 g/mol. The van der Waals surface area contributed by atoms with Gasteiger partial charge in [0.25, 0.3) is 0 Å². The maximum Gasteiger partial charge on any atom is 0.130 e. The van der Waals surface area contributed by atoms with Gasteiger partial charge in [0.05, 0.1) is 12.3 Å². The van der Waals surface area contributed by atoms with Gasteiger partial charge >= 0.3 is 0 Å². The van der Waals surface area contributed by atoms with E-state index in [1.807, 2.05) is 36.4 Å². The van der Waals surface area contributed by atoms with Crippen molar-refractivity contribution in [3.8, 4) is 11.5 Å². The molecule has 1 aromatic carbocycles. The van der Waals surface area contributed by atoms with Crippen LogP contribution in [0.3, 0.4) is 0 Å². The third kappa shape index (κ3) is 5.17. The molecule has 1 aromatic heterocycles. The van der Waals surface area contributed by atoms with Crippen molar-refractivity contribution in [3.63, 3.8) is 0 Å². The first-order chi connectivity index (χ1) is 10.2. The van der Waals surface area contributed by atoms with Crippen LogP contribution in [0, 0.1) is 0 Å². The predicted octanol–water partition coefficient (Wildman–Crippen LogP) is 3.52. The average molecular weight is 286 g/mol. The third-order valence-electron chi connectivity index (χ3n) is 2.92. The van der Waals surface area contributed by atoms with Crippen LogP contribution in [0.15, 0.2) is 42.6 Å². The van der Waals surface area contributed by atoms with E-state index in [2.05, 4.69) is 24.1 Å². The molecule has 4 nitrogen and oxygen atoms in total. The maximum absolute atomic E-state index is 5.89. The van der Waals surface area contributed by atoms with Crippen molar-refractivity contribution in [2.75, 3.05) is 7.11 Å². The van der Waals surface area contributed by atoms with Crippen molar-refractivity contribution in [2.24, 2.45) is 0 Å². The molecule has 1 N–H and O–H groups in total. The summed E-state index contributed by atoms with van der Waals surface area (Å²) in [6.07, 6.45) is 1.77. The number of aromatic nitrogens is 1. The summed E-state index contributed by atoms with van der Waals surface area (Å²) in [5.41, 5.74) is 2.06. The van der Waals surface area contributed by atoms with Gasteiger partial charge in [0.2, 0.25) is 0 Å². The fourth-order valence-electron chi connectivity index (χ4n) is 1.93. The first-order valence-corrected chi connectivity index (χ1v) is 7.11. The van der Waals surface area contributed by atoms with Crippen molar-refractivity contribution < 1.29 is 9.47 Å². The van der Waals surface area contributed by atoms with Crippen molar-refractivity contribution in [2.45, 2.75) is 33.0 Å². The van der Waals surface area contributed by atoms with Gasteiger partial charge < -0.3 is 14.8 Å². The second-order valence-electron chi connectivity index (χ2n) is 5.20. The maximum atomic E-state index is 5.89. The van der Waals surface area contributed by atoms with Gasteiger partial charge in [-0.1, -0.05) is 26.0 Å². The van der Waals surface area contributed by atoms with Crippen LogP contribution >= 0.6 is 0 Å². The third-order valence-corrected chi connectivity index (χ3v) is 2.92. The van der Waals surface area contributed by atoms with Crippen LogP contribution in [-0.4, -0.2) is 18.1 Å². The molecule has 0 bridgehead atoms. The highest BCUT2D eigenvalue weighted by atomic mass is 16.5. The molecule has 0 amide bonds. The summed E-state index contributed by atoms with van der Waals surface area (Å²) < 4.78 is 11.0. The fourth-order valence-corrected chi connectivity index (χ4v) is 1.93. The van der Waals surface area contributed by atoms with Gasteiger partial charge in [-0.3, -0.25) is 4.98 Å². The first kappa shape index (κ1) is 15.5. The first-order valence-electron chi connectivity index (χ1n) is 7.11. The lowest BCUT2D eigenvalue weighted by molar-refractivity contribution is 0.184. The highest BCUT2D eigenvalue weighted by molar-refractivity contribution is 5.34. The highest BCUT2D eigenvalue weighted by Gasteiger charge is 2.02. The van der Waals surface area contributed by atoms with Crippen LogP contribution in [0.25, 0.3) is 0 Å². The van der Waals surface area contributed by atoms with Crippen molar-refractivity contribution in [3.05, 3.63) is 53.9 Å². The van der Waals surface area contributed by atoms with E-state index in [0.29, 0.717) is 12.6 Å². The Bertz CT molecular complexity index is 570. The molecule has 0 saturated heterocycles. The summed E-state index contributed by atoms with van der Waals surface area (Å²) in [6, 6.07) is 12.1. The molecule has 0 unspecified atom stereocenters. The summed E-state index contributed by atoms with van der Waals surface area (Å²) >= 11 is 0. The zero-order valence-corrected chi connectivity index (χ0v) is 12.8. The van der Waals surface area contributed by atoms with Crippen LogP contribution in [0.4, 0.5) is 0 Å². The van der Waals surface area contributed by atoms with Gasteiger partial charge in [0.15, 0.2) is 0 Å². The molecule has 0 fully saturated rings. The number of pyridine rings is 1. The zero-order chi connectivity index (χ0) is 15.1. The molecule has 2 rings (SSSR count). The summed E-state index contributed by atoms with van der Waals surface area (Å²) in [7, 11) is 1.68. The Hall–Kier alpha value is -1.91. The van der Waals surface area contributed by atoms with Crippen molar-refractivity contribution in [1.82, 2.24) is 10.3 Å². The molecule has 0 saturated carbocycles. The van der Waals surface area contributed by atoms with E-state index >= 15 is 0 Å². The number of ether oxygens (including phenoxy) is 2. The second-order valence-corrected chi connectivity index (χ2v) is 5.20. The number of methoxy groups -OCH3 is 1. The smallest absolute Gasteiger partial charge is 0.130 e. The van der Waals surface area contributed by atoms with Crippen LogP contribution < -0.4 is 10.1 Å². The molecule has 4 heteroatoms. The van der Waals surface area contributed by atoms with Gasteiger partial charge in [-0.05, 0) is 23.8 Å². The van der Waals surface area contributed by atoms with E-state index in [4.69, 9.17) is 9.47 Å². The molecule has 0 spiro atoms. The fraction of sp³-hybridized carbons (Fsp3) is 0.353. The number of hydrogen-bond donors (Lipinski definition) is 1. The molecule has 0 radical (unpaired) electrons. The standard InChI is InChI=1S/C17H22N2O2/c1-13(2)19-11-15-10-17(7-8-18-15)21-16-6-4-5-14(9-16)12-20-3/h4-10,13,19H,11-12H2,1-3H3. The van der Waals surface area contributed by atoms with Gasteiger partial charge in [0, 0.05) is 32.0 Å². The van der Waals surface area contributed by atoms with Crippen LogP contribution in [-0.2, 0) is 17.9 Å². The summed E-state index contributed by atoms with van der Waals surface area (Å²) in [5, 5.41) is 3.34. The van der Waals surface area contributed by atoms with Gasteiger partial charge in [-0.25, -0.2) is 0 Å². The number of nitrogens with one attached hydrogen (secondary N) is 1. The van der Waals surface area contributed by atoms with Gasteiger partial charge in [-0.15, -0.1) is 0 Å². The molecule has 1 heterocycles. The molecule has 21 heavy (non-hydrogen) atoms. The van der Waals surface area contributed by atoms with Gasteiger partial charge in [0.1, 0.15) is 11.5 Å². The Kier molecular flexibility index (Phi) is 5.72. The summed E-state index contributed by atoms with van der Waals surface area (Å²) in [5.74, 6) is 1.60. The lowest BCUT2D eigenvalue weighted by Crippen LogP contribution is -2.22. The molecule has 0 aliphatic carbocycles. The van der Waals surface area contributed by atoms with E-state index in [-0.39, 0.29) is 0 Å². The lowest BCUT2D eigenvalue weighted by atomic mass is 10.2. The molecular formula is C17H22N2O2. The van der Waals surface area contributed by atoms with Crippen LogP contribution in [0.2, 0.25) is 0 Å². The van der Waals surface area contributed by atoms with Gasteiger partial charge in [-0.2, -0.15) is 0 Å². The van der Waals surface area contributed by atoms with E-state index < -0.39 is 0 Å². The zero-order valence-electron chi connectivity index (χ0n) is 12.8. The topological polar surface area (TPSA) is 43.4 Å². The largest absolute Gasteiger partial charge is 0.457 e. The molecule has 2 aromatic rings. The van der Waals surface area contributed by atoms with E-state index in [0.717, 1.165) is 29.3 Å².